The van der Waals surface area contributed by atoms with Gasteiger partial charge in [0.05, 0.1) is 18.6 Å². The molecule has 1 aromatic rings. The van der Waals surface area contributed by atoms with Crippen LogP contribution >= 0.6 is 0 Å². The van der Waals surface area contributed by atoms with Gasteiger partial charge >= 0.3 is 0 Å². The van der Waals surface area contributed by atoms with E-state index in [0.717, 1.165) is 31.4 Å². The Morgan fingerprint density at radius 3 is 2.48 bits per heavy atom. The van der Waals surface area contributed by atoms with Gasteiger partial charge in [-0.2, -0.15) is 0 Å². The fourth-order valence-corrected chi connectivity index (χ4v) is 5.04. The van der Waals surface area contributed by atoms with E-state index in [9.17, 15) is 8.42 Å². The summed E-state index contributed by atoms with van der Waals surface area (Å²) in [5.41, 5.74) is 1.35. The van der Waals surface area contributed by atoms with Crippen LogP contribution in [0.3, 0.4) is 0 Å². The molecule has 116 valence electrons. The molecule has 0 radical (unpaired) electrons. The summed E-state index contributed by atoms with van der Waals surface area (Å²) < 4.78 is 28.5. The number of nitrogens with one attached hydrogen (secondary N) is 1. The maximum absolute atomic E-state index is 11.6. The third-order valence-electron chi connectivity index (χ3n) is 4.66. The molecular weight excluding hydrogens is 286 g/mol. The molecule has 21 heavy (non-hydrogen) atoms. The lowest BCUT2D eigenvalue weighted by atomic mass is 9.75. The molecule has 0 bridgehead atoms. The van der Waals surface area contributed by atoms with Crippen molar-refractivity contribution < 1.29 is 13.2 Å². The molecule has 1 aliphatic heterocycles. The SMILES string of the molecule is COc1ccc(C2CC(NC3CCCS(=O)(=O)C3)C2)cc1. The molecule has 0 aromatic heterocycles. The van der Waals surface area contributed by atoms with Crippen LogP contribution in [0.1, 0.15) is 37.2 Å². The van der Waals surface area contributed by atoms with Crippen molar-refractivity contribution in [2.24, 2.45) is 0 Å². The lowest BCUT2D eigenvalue weighted by Gasteiger charge is -2.39. The summed E-state index contributed by atoms with van der Waals surface area (Å²) in [5, 5.41) is 3.53. The second kappa shape index (κ2) is 5.97. The predicted octanol–water partition coefficient (Wildman–Crippen LogP) is 2.11. The number of rotatable bonds is 4. The van der Waals surface area contributed by atoms with Crippen molar-refractivity contribution in [3.63, 3.8) is 0 Å². The number of hydrogen-bond acceptors (Lipinski definition) is 4. The Bertz CT molecular complexity index is 576. The highest BCUT2D eigenvalue weighted by molar-refractivity contribution is 7.91. The Balaban J connectivity index is 1.49. The van der Waals surface area contributed by atoms with E-state index in [-0.39, 0.29) is 6.04 Å². The van der Waals surface area contributed by atoms with Crippen molar-refractivity contribution in [1.82, 2.24) is 5.32 Å². The van der Waals surface area contributed by atoms with Crippen molar-refractivity contribution in [3.8, 4) is 5.75 Å². The van der Waals surface area contributed by atoms with Gasteiger partial charge in [0.15, 0.2) is 9.84 Å². The van der Waals surface area contributed by atoms with E-state index >= 15 is 0 Å². The molecule has 1 aromatic carbocycles. The molecule has 1 saturated carbocycles. The summed E-state index contributed by atoms with van der Waals surface area (Å²) in [6, 6.07) is 8.89. The second-order valence-corrected chi connectivity index (χ2v) is 8.49. The van der Waals surface area contributed by atoms with E-state index in [1.54, 1.807) is 7.11 Å². The molecule has 1 N–H and O–H groups in total. The quantitative estimate of drug-likeness (QED) is 0.925. The smallest absolute Gasteiger partial charge is 0.151 e. The number of ether oxygens (including phenoxy) is 1. The first-order valence-electron chi connectivity index (χ1n) is 7.66. The van der Waals surface area contributed by atoms with Crippen LogP contribution in [0.15, 0.2) is 24.3 Å². The zero-order valence-electron chi connectivity index (χ0n) is 12.4. The van der Waals surface area contributed by atoms with Gasteiger partial charge in [-0.1, -0.05) is 12.1 Å². The molecule has 0 spiro atoms. The van der Waals surface area contributed by atoms with Crippen molar-refractivity contribution in [2.45, 2.75) is 43.7 Å². The molecule has 1 aliphatic carbocycles. The summed E-state index contributed by atoms with van der Waals surface area (Å²) in [6.45, 7) is 0. The Labute approximate surface area is 126 Å². The summed E-state index contributed by atoms with van der Waals surface area (Å²) in [6.07, 6.45) is 3.99. The van der Waals surface area contributed by atoms with Crippen molar-refractivity contribution in [3.05, 3.63) is 29.8 Å². The standard InChI is InChI=1S/C16H23NO3S/c1-20-16-6-4-12(5-7-16)13-9-15(10-13)17-14-3-2-8-21(18,19)11-14/h4-7,13-15,17H,2-3,8-11H2,1H3. The number of methoxy groups -OCH3 is 1. The normalized spacial score (nSPS) is 31.4. The van der Waals surface area contributed by atoms with Crippen molar-refractivity contribution in [1.29, 1.82) is 0 Å². The minimum atomic E-state index is -2.81. The number of hydrogen-bond donors (Lipinski definition) is 1. The van der Waals surface area contributed by atoms with Crippen LogP contribution in [0.4, 0.5) is 0 Å². The third-order valence-corrected chi connectivity index (χ3v) is 6.48. The molecular formula is C16H23NO3S. The van der Waals surface area contributed by atoms with Gasteiger partial charge in [-0.25, -0.2) is 8.42 Å². The minimum Gasteiger partial charge on any atom is -0.497 e. The molecule has 1 atom stereocenters. The minimum absolute atomic E-state index is 0.158. The summed E-state index contributed by atoms with van der Waals surface area (Å²) in [7, 11) is -1.13. The Morgan fingerprint density at radius 1 is 1.14 bits per heavy atom. The average Bonchev–Trinajstić information content (AvgIpc) is 2.42. The van der Waals surface area contributed by atoms with E-state index in [4.69, 9.17) is 4.74 Å². The Morgan fingerprint density at radius 2 is 1.86 bits per heavy atom. The molecule has 1 heterocycles. The van der Waals surface area contributed by atoms with E-state index in [1.807, 2.05) is 12.1 Å². The van der Waals surface area contributed by atoms with E-state index < -0.39 is 9.84 Å². The van der Waals surface area contributed by atoms with Crippen LogP contribution in [-0.2, 0) is 9.84 Å². The lowest BCUT2D eigenvalue weighted by Crippen LogP contribution is -2.49. The second-order valence-electron chi connectivity index (χ2n) is 6.26. The molecule has 1 saturated heterocycles. The van der Waals surface area contributed by atoms with Gasteiger partial charge < -0.3 is 10.1 Å². The third kappa shape index (κ3) is 3.58. The van der Waals surface area contributed by atoms with Gasteiger partial charge in [0.1, 0.15) is 5.75 Å². The van der Waals surface area contributed by atoms with Gasteiger partial charge in [-0.05, 0) is 49.3 Å². The average molecular weight is 309 g/mol. The zero-order chi connectivity index (χ0) is 14.9. The van der Waals surface area contributed by atoms with E-state index in [0.29, 0.717) is 23.5 Å². The highest BCUT2D eigenvalue weighted by Crippen LogP contribution is 2.38. The first-order valence-corrected chi connectivity index (χ1v) is 9.48. The summed E-state index contributed by atoms with van der Waals surface area (Å²) in [5.74, 6) is 2.16. The number of sulfone groups is 1. The molecule has 2 aliphatic rings. The fourth-order valence-electron chi connectivity index (χ4n) is 3.39. The highest BCUT2D eigenvalue weighted by Gasteiger charge is 2.33. The van der Waals surface area contributed by atoms with Gasteiger partial charge in [0, 0.05) is 12.1 Å². The monoisotopic (exact) mass is 309 g/mol. The molecule has 5 heteroatoms. The first kappa shape index (κ1) is 14.9. The van der Waals surface area contributed by atoms with E-state index in [1.165, 1.54) is 5.56 Å². The lowest BCUT2D eigenvalue weighted by molar-refractivity contribution is 0.263. The molecule has 3 rings (SSSR count). The van der Waals surface area contributed by atoms with Gasteiger partial charge in [0.25, 0.3) is 0 Å². The predicted molar refractivity (Wildman–Crippen MR) is 83.6 cm³/mol. The van der Waals surface area contributed by atoms with Gasteiger partial charge in [0.2, 0.25) is 0 Å². The Kier molecular flexibility index (Phi) is 4.22. The molecule has 0 amide bonds. The van der Waals surface area contributed by atoms with Crippen LogP contribution in [0.2, 0.25) is 0 Å². The van der Waals surface area contributed by atoms with E-state index in [2.05, 4.69) is 17.4 Å². The maximum atomic E-state index is 11.6. The topological polar surface area (TPSA) is 55.4 Å². The summed E-state index contributed by atoms with van der Waals surface area (Å²) in [4.78, 5) is 0. The number of benzene rings is 1. The maximum Gasteiger partial charge on any atom is 0.151 e. The Hall–Kier alpha value is -1.07. The molecule has 1 unspecified atom stereocenters. The largest absolute Gasteiger partial charge is 0.497 e. The van der Waals surface area contributed by atoms with Crippen LogP contribution in [0.25, 0.3) is 0 Å². The first-order chi connectivity index (χ1) is 10.1. The van der Waals surface area contributed by atoms with Crippen LogP contribution in [-0.4, -0.2) is 39.1 Å². The molecule has 2 fully saturated rings. The van der Waals surface area contributed by atoms with Crippen molar-refractivity contribution in [2.75, 3.05) is 18.6 Å². The van der Waals surface area contributed by atoms with Crippen LogP contribution < -0.4 is 10.1 Å². The van der Waals surface area contributed by atoms with Crippen LogP contribution in [0.5, 0.6) is 5.75 Å². The fraction of sp³-hybridized carbons (Fsp3) is 0.625. The molecule has 4 nitrogen and oxygen atoms in total. The summed E-state index contributed by atoms with van der Waals surface area (Å²) >= 11 is 0. The van der Waals surface area contributed by atoms with Crippen LogP contribution in [0, 0.1) is 0 Å². The van der Waals surface area contributed by atoms with Gasteiger partial charge in [-0.3, -0.25) is 0 Å². The highest BCUT2D eigenvalue weighted by atomic mass is 32.2. The van der Waals surface area contributed by atoms with Gasteiger partial charge in [-0.15, -0.1) is 0 Å². The van der Waals surface area contributed by atoms with Crippen molar-refractivity contribution >= 4 is 9.84 Å². The zero-order valence-corrected chi connectivity index (χ0v) is 13.2.